The summed E-state index contributed by atoms with van der Waals surface area (Å²) < 4.78 is 0. The molecule has 0 aromatic carbocycles. The Hall–Kier alpha value is -1.11. The Kier molecular flexibility index (Phi) is 11.1. The maximum atomic E-state index is 10.7. The molecule has 1 heteroatoms. The van der Waals surface area contributed by atoms with Crippen LogP contribution in [0, 0.1) is 0 Å². The summed E-state index contributed by atoms with van der Waals surface area (Å²) in [6.45, 7) is 10.9. The van der Waals surface area contributed by atoms with Crippen LogP contribution < -0.4 is 0 Å². The Bertz CT molecular complexity index is 185. The lowest BCUT2D eigenvalue weighted by atomic mass is 10.1. The van der Waals surface area contributed by atoms with Crippen molar-refractivity contribution in [3.8, 4) is 0 Å². The molecule has 0 saturated carbocycles. The Balaban J connectivity index is 0. The van der Waals surface area contributed by atoms with E-state index in [9.17, 15) is 4.79 Å². The lowest BCUT2D eigenvalue weighted by Gasteiger charge is -1.90. The molecule has 0 bridgehead atoms. The van der Waals surface area contributed by atoms with Crippen molar-refractivity contribution < 1.29 is 4.79 Å². The largest absolute Gasteiger partial charge is 0.295 e. The van der Waals surface area contributed by atoms with Crippen LogP contribution in [0.4, 0.5) is 0 Å². The number of carbonyl (C=O) groups is 1. The summed E-state index contributed by atoms with van der Waals surface area (Å²) in [4.78, 5) is 10.7. The van der Waals surface area contributed by atoms with Gasteiger partial charge in [0.1, 0.15) is 0 Å². The third kappa shape index (κ3) is 7.00. The normalized spacial score (nSPS) is 10.5. The molecule has 0 radical (unpaired) electrons. The molecule has 68 valence electrons. The maximum absolute atomic E-state index is 10.7. The molecule has 0 spiro atoms. The quantitative estimate of drug-likeness (QED) is 0.464. The van der Waals surface area contributed by atoms with Crippen LogP contribution in [0.15, 0.2) is 36.5 Å². The average Bonchev–Trinajstić information content (AvgIpc) is 2.09. The first-order valence-electron chi connectivity index (χ1n) is 4.18. The van der Waals surface area contributed by atoms with E-state index >= 15 is 0 Å². The Morgan fingerprint density at radius 3 is 2.08 bits per heavy atom. The van der Waals surface area contributed by atoms with E-state index in [0.29, 0.717) is 0 Å². The smallest absolute Gasteiger partial charge is 0.159 e. The van der Waals surface area contributed by atoms with Crippen LogP contribution in [0.2, 0.25) is 0 Å². The Morgan fingerprint density at radius 1 is 1.33 bits per heavy atom. The maximum Gasteiger partial charge on any atom is 0.159 e. The van der Waals surface area contributed by atoms with Gasteiger partial charge in [-0.3, -0.25) is 4.79 Å². The zero-order valence-corrected chi connectivity index (χ0v) is 8.42. The summed E-state index contributed by atoms with van der Waals surface area (Å²) in [7, 11) is 0. The average molecular weight is 166 g/mol. The van der Waals surface area contributed by atoms with Crippen LogP contribution in [0.1, 0.15) is 27.7 Å². The number of hydrogen-bond acceptors (Lipinski definition) is 1. The number of Topliss-reactive ketones (excluding diaryl/α,β-unsaturated/α-hetero) is 1. The summed E-state index contributed by atoms with van der Waals surface area (Å²) >= 11 is 0. The minimum atomic E-state index is 0.0839. The van der Waals surface area contributed by atoms with Gasteiger partial charge in [0.05, 0.1) is 0 Å². The fourth-order valence-corrected chi connectivity index (χ4v) is 0.589. The van der Waals surface area contributed by atoms with Gasteiger partial charge in [0.25, 0.3) is 0 Å². The molecule has 0 amide bonds. The first kappa shape index (κ1) is 13.5. The van der Waals surface area contributed by atoms with Crippen LogP contribution in [0.3, 0.4) is 0 Å². The van der Waals surface area contributed by atoms with Crippen LogP contribution >= 0.6 is 0 Å². The molecule has 0 heterocycles. The summed E-state index contributed by atoms with van der Waals surface area (Å²) in [6, 6.07) is 0. The van der Waals surface area contributed by atoms with E-state index in [2.05, 4.69) is 6.58 Å². The molecule has 0 aliphatic carbocycles. The van der Waals surface area contributed by atoms with E-state index < -0.39 is 0 Å². The van der Waals surface area contributed by atoms with Gasteiger partial charge in [-0.1, -0.05) is 44.7 Å². The molecule has 1 nitrogen and oxygen atoms in total. The van der Waals surface area contributed by atoms with E-state index in [4.69, 9.17) is 0 Å². The molecule has 12 heavy (non-hydrogen) atoms. The molecule has 0 aromatic heterocycles. The van der Waals surface area contributed by atoms with Crippen LogP contribution in [-0.2, 0) is 4.79 Å². The molecule has 0 N–H and O–H groups in total. The number of carbonyl (C=O) groups excluding carboxylic acids is 1. The Labute approximate surface area is 75.5 Å². The molecule has 0 saturated heterocycles. The monoisotopic (exact) mass is 166 g/mol. The third-order valence-electron chi connectivity index (χ3n) is 1.13. The van der Waals surface area contributed by atoms with Gasteiger partial charge >= 0.3 is 0 Å². The summed E-state index contributed by atoms with van der Waals surface area (Å²) in [5.41, 5.74) is 0.722. The molecular weight excluding hydrogens is 148 g/mol. The lowest BCUT2D eigenvalue weighted by Crippen LogP contribution is -1.91. The van der Waals surface area contributed by atoms with Gasteiger partial charge in [-0.2, -0.15) is 0 Å². The molecule has 0 unspecified atom stereocenters. The fourth-order valence-electron chi connectivity index (χ4n) is 0.589. The number of allylic oxidation sites excluding steroid dienone is 5. The van der Waals surface area contributed by atoms with Gasteiger partial charge in [0.15, 0.2) is 5.78 Å². The van der Waals surface area contributed by atoms with E-state index in [-0.39, 0.29) is 5.78 Å². The minimum absolute atomic E-state index is 0.0839. The van der Waals surface area contributed by atoms with Gasteiger partial charge < -0.3 is 0 Å². The van der Waals surface area contributed by atoms with Crippen molar-refractivity contribution >= 4 is 5.78 Å². The standard InChI is InChI=1S/C9H12O.C2H6/c1-4-6-7-9(5-2)8(3)10;1-2/h4-7H,1H2,2-3H3;1-2H3/b7-6-,9-5+;. The van der Waals surface area contributed by atoms with E-state index in [1.807, 2.05) is 20.8 Å². The van der Waals surface area contributed by atoms with E-state index in [0.717, 1.165) is 5.57 Å². The van der Waals surface area contributed by atoms with Crippen molar-refractivity contribution in [2.24, 2.45) is 0 Å². The highest BCUT2D eigenvalue weighted by atomic mass is 16.1. The van der Waals surface area contributed by atoms with Crippen LogP contribution in [-0.4, -0.2) is 5.78 Å². The number of ketones is 1. The van der Waals surface area contributed by atoms with Crippen LogP contribution in [0.25, 0.3) is 0 Å². The van der Waals surface area contributed by atoms with Crippen molar-refractivity contribution in [1.29, 1.82) is 0 Å². The molecule has 0 fully saturated rings. The summed E-state index contributed by atoms with van der Waals surface area (Å²) in [5.74, 6) is 0.0839. The predicted octanol–water partition coefficient (Wildman–Crippen LogP) is 3.29. The molecule has 0 atom stereocenters. The lowest BCUT2D eigenvalue weighted by molar-refractivity contribution is -0.113. The van der Waals surface area contributed by atoms with E-state index in [1.165, 1.54) is 0 Å². The van der Waals surface area contributed by atoms with Gasteiger partial charge in [0, 0.05) is 5.57 Å². The molecule has 0 aliphatic heterocycles. The second-order valence-electron chi connectivity index (χ2n) is 1.90. The minimum Gasteiger partial charge on any atom is -0.295 e. The van der Waals surface area contributed by atoms with Crippen molar-refractivity contribution in [1.82, 2.24) is 0 Å². The predicted molar refractivity (Wildman–Crippen MR) is 55.1 cm³/mol. The SMILES string of the molecule is C=C/C=C\C(=C/C)C(C)=O.CC. The molecule has 0 aromatic rings. The second-order valence-corrected chi connectivity index (χ2v) is 1.90. The first-order chi connectivity index (χ1) is 5.72. The first-order valence-corrected chi connectivity index (χ1v) is 4.18. The summed E-state index contributed by atoms with van der Waals surface area (Å²) in [6.07, 6.45) is 6.92. The highest BCUT2D eigenvalue weighted by Crippen LogP contribution is 1.97. The molecule has 0 rings (SSSR count). The van der Waals surface area contributed by atoms with Crippen molar-refractivity contribution in [2.45, 2.75) is 27.7 Å². The number of hydrogen-bond donors (Lipinski definition) is 0. The van der Waals surface area contributed by atoms with Crippen molar-refractivity contribution in [3.63, 3.8) is 0 Å². The fraction of sp³-hybridized carbons (Fsp3) is 0.364. The van der Waals surface area contributed by atoms with Gasteiger partial charge in [-0.15, -0.1) is 0 Å². The highest BCUT2D eigenvalue weighted by Gasteiger charge is 1.93. The van der Waals surface area contributed by atoms with Crippen molar-refractivity contribution in [2.75, 3.05) is 0 Å². The van der Waals surface area contributed by atoms with E-state index in [1.54, 1.807) is 31.2 Å². The zero-order valence-electron chi connectivity index (χ0n) is 8.42. The van der Waals surface area contributed by atoms with Gasteiger partial charge in [-0.05, 0) is 13.8 Å². The molecular formula is C11H18O. The number of rotatable bonds is 3. The van der Waals surface area contributed by atoms with Crippen molar-refractivity contribution in [3.05, 3.63) is 36.5 Å². The van der Waals surface area contributed by atoms with Gasteiger partial charge in [-0.25, -0.2) is 0 Å². The second kappa shape index (κ2) is 9.89. The molecule has 0 aliphatic rings. The van der Waals surface area contributed by atoms with Gasteiger partial charge in [0.2, 0.25) is 0 Å². The third-order valence-corrected chi connectivity index (χ3v) is 1.13. The summed E-state index contributed by atoms with van der Waals surface area (Å²) in [5, 5.41) is 0. The van der Waals surface area contributed by atoms with Crippen LogP contribution in [0.5, 0.6) is 0 Å². The Morgan fingerprint density at radius 2 is 1.83 bits per heavy atom. The highest BCUT2D eigenvalue weighted by molar-refractivity contribution is 5.95. The zero-order chi connectivity index (χ0) is 9.98. The topological polar surface area (TPSA) is 17.1 Å².